The molecule has 0 saturated carbocycles. The van der Waals surface area contributed by atoms with Crippen LogP contribution in [0, 0.1) is 27.9 Å². The van der Waals surface area contributed by atoms with E-state index in [0.717, 1.165) is 6.42 Å². The number of anilines is 1. The van der Waals surface area contributed by atoms with E-state index in [0.29, 0.717) is 44.7 Å². The van der Waals surface area contributed by atoms with E-state index in [9.17, 15) is 19.7 Å². The van der Waals surface area contributed by atoms with Gasteiger partial charge in [-0.15, -0.1) is 0 Å². The number of nitrogens with two attached hydrogens (primary N) is 1. The molecule has 0 radical (unpaired) electrons. The third-order valence-electron chi connectivity index (χ3n) is 5.50. The van der Waals surface area contributed by atoms with Gasteiger partial charge in [0.2, 0.25) is 11.8 Å². The molecule has 2 N–H and O–H groups in total. The van der Waals surface area contributed by atoms with Gasteiger partial charge in [-0.25, -0.2) is 0 Å². The van der Waals surface area contributed by atoms with Crippen molar-refractivity contribution in [1.29, 1.82) is 0 Å². The molecule has 29 heavy (non-hydrogen) atoms. The van der Waals surface area contributed by atoms with Crippen LogP contribution in [0.2, 0.25) is 0 Å². The lowest BCUT2D eigenvalue weighted by Crippen LogP contribution is -2.52. The highest BCUT2D eigenvalue weighted by molar-refractivity contribution is 5.87. The number of primary amides is 1. The van der Waals surface area contributed by atoms with Gasteiger partial charge in [-0.05, 0) is 24.8 Å². The van der Waals surface area contributed by atoms with Gasteiger partial charge >= 0.3 is 0 Å². The van der Waals surface area contributed by atoms with E-state index in [1.807, 2.05) is 25.7 Å². The van der Waals surface area contributed by atoms with Crippen LogP contribution in [0.5, 0.6) is 0 Å². The molecule has 1 aromatic rings. The summed E-state index contributed by atoms with van der Waals surface area (Å²) in [5.74, 6) is -1.04. The van der Waals surface area contributed by atoms with Gasteiger partial charge in [-0.1, -0.05) is 39.3 Å². The highest BCUT2D eigenvalue weighted by Crippen LogP contribution is 2.30. The van der Waals surface area contributed by atoms with Crippen molar-refractivity contribution < 1.29 is 14.5 Å². The minimum atomic E-state index is -0.455. The highest BCUT2D eigenvalue weighted by atomic mass is 16.6. The fourth-order valence-corrected chi connectivity index (χ4v) is 4.09. The summed E-state index contributed by atoms with van der Waals surface area (Å²) in [6.45, 7) is 8.03. The summed E-state index contributed by atoms with van der Waals surface area (Å²) >= 11 is 0. The number of carbonyl (C=O) groups excluding carboxylic acids is 2. The van der Waals surface area contributed by atoms with E-state index >= 15 is 0 Å². The highest BCUT2D eigenvalue weighted by Gasteiger charge is 2.36. The van der Waals surface area contributed by atoms with Crippen molar-refractivity contribution in [2.24, 2.45) is 23.5 Å². The van der Waals surface area contributed by atoms with Crippen LogP contribution in [0.1, 0.15) is 40.0 Å². The van der Waals surface area contributed by atoms with E-state index in [4.69, 9.17) is 5.73 Å². The molecule has 1 aromatic carbocycles. The zero-order valence-corrected chi connectivity index (χ0v) is 17.5. The Balaban J connectivity index is 2.12. The Kier molecular flexibility index (Phi) is 7.99. The monoisotopic (exact) mass is 404 g/mol. The fraction of sp³-hybridized carbons (Fsp3) is 0.619. The number of hydrogen-bond donors (Lipinski definition) is 1. The molecule has 8 nitrogen and oxygen atoms in total. The van der Waals surface area contributed by atoms with Crippen molar-refractivity contribution in [3.63, 3.8) is 0 Å². The molecule has 8 heteroatoms. The summed E-state index contributed by atoms with van der Waals surface area (Å²) in [5, 5.41) is 11.3. The van der Waals surface area contributed by atoms with Crippen LogP contribution < -0.4 is 10.6 Å². The molecule has 0 bridgehead atoms. The Hall–Kier alpha value is -2.64. The maximum Gasteiger partial charge on any atom is 0.292 e. The van der Waals surface area contributed by atoms with Crippen molar-refractivity contribution in [2.75, 3.05) is 31.1 Å². The predicted octanol–water partition coefficient (Wildman–Crippen LogP) is 2.81. The zero-order valence-electron chi connectivity index (χ0n) is 17.5. The van der Waals surface area contributed by atoms with Crippen molar-refractivity contribution in [2.45, 2.75) is 40.0 Å². The van der Waals surface area contributed by atoms with Crippen molar-refractivity contribution in [3.05, 3.63) is 34.4 Å². The molecule has 1 aliphatic rings. The summed E-state index contributed by atoms with van der Waals surface area (Å²) in [4.78, 5) is 39.9. The molecule has 2 atom stereocenters. The quantitative estimate of drug-likeness (QED) is 0.503. The number of benzene rings is 1. The van der Waals surface area contributed by atoms with Gasteiger partial charge in [0.15, 0.2) is 0 Å². The van der Waals surface area contributed by atoms with Gasteiger partial charge in [0.25, 0.3) is 5.69 Å². The maximum atomic E-state index is 13.3. The SMILES string of the molecule is CCCC(C(N)=O)C(CC(C)C)C(=O)N1CCN(c2ccccc2[N+](=O)[O-])CC1. The van der Waals surface area contributed by atoms with E-state index in [2.05, 4.69) is 0 Å². The first-order chi connectivity index (χ1) is 13.8. The molecule has 1 saturated heterocycles. The summed E-state index contributed by atoms with van der Waals surface area (Å²) in [7, 11) is 0. The van der Waals surface area contributed by atoms with Crippen molar-refractivity contribution in [1.82, 2.24) is 4.90 Å². The molecule has 160 valence electrons. The van der Waals surface area contributed by atoms with Crippen LogP contribution >= 0.6 is 0 Å². The molecule has 1 fully saturated rings. The second-order valence-corrected chi connectivity index (χ2v) is 8.09. The number of rotatable bonds is 9. The van der Waals surface area contributed by atoms with E-state index in [1.54, 1.807) is 23.1 Å². The molecule has 0 spiro atoms. The smallest absolute Gasteiger partial charge is 0.292 e. The maximum absolute atomic E-state index is 13.3. The van der Waals surface area contributed by atoms with Crippen LogP contribution in [0.4, 0.5) is 11.4 Å². The topological polar surface area (TPSA) is 110 Å². The first kappa shape index (κ1) is 22.6. The third-order valence-corrected chi connectivity index (χ3v) is 5.50. The summed E-state index contributed by atoms with van der Waals surface area (Å²) in [6, 6.07) is 6.66. The number of nitro benzene ring substituents is 1. The number of piperazine rings is 1. The molecule has 0 aromatic heterocycles. The minimum Gasteiger partial charge on any atom is -0.369 e. The Morgan fingerprint density at radius 3 is 2.28 bits per heavy atom. The number of hydrogen-bond acceptors (Lipinski definition) is 5. The standard InChI is InChI=1S/C21H32N4O4/c1-4-7-16(20(22)26)17(14-15(2)3)21(27)24-12-10-23(11-13-24)18-8-5-6-9-19(18)25(28)29/h5-6,8-9,15-17H,4,7,10-14H2,1-3H3,(H2,22,26). The second kappa shape index (κ2) is 10.2. The molecule has 2 amide bonds. The van der Waals surface area contributed by atoms with Crippen LogP contribution in [-0.2, 0) is 9.59 Å². The Morgan fingerprint density at radius 1 is 1.14 bits per heavy atom. The Morgan fingerprint density at radius 2 is 1.76 bits per heavy atom. The van der Waals surface area contributed by atoms with Gasteiger partial charge in [0.05, 0.1) is 4.92 Å². The van der Waals surface area contributed by atoms with E-state index in [-0.39, 0.29) is 22.4 Å². The summed E-state index contributed by atoms with van der Waals surface area (Å²) in [6.07, 6.45) is 2.02. The molecular formula is C21H32N4O4. The van der Waals surface area contributed by atoms with Crippen LogP contribution in [0.25, 0.3) is 0 Å². The normalized spacial score (nSPS) is 16.6. The van der Waals surface area contributed by atoms with Crippen LogP contribution in [-0.4, -0.2) is 47.8 Å². The molecule has 1 aliphatic heterocycles. The van der Waals surface area contributed by atoms with Crippen LogP contribution in [0.15, 0.2) is 24.3 Å². The molecule has 0 aliphatic carbocycles. The minimum absolute atomic E-state index is 0.0295. The first-order valence-electron chi connectivity index (χ1n) is 10.3. The lowest BCUT2D eigenvalue weighted by molar-refractivity contribution is -0.384. The van der Waals surface area contributed by atoms with E-state index in [1.165, 1.54) is 6.07 Å². The Labute approximate surface area is 172 Å². The third kappa shape index (κ3) is 5.68. The molecule has 2 unspecified atom stereocenters. The molecular weight excluding hydrogens is 372 g/mol. The number of carbonyl (C=O) groups is 2. The predicted molar refractivity (Wildman–Crippen MR) is 112 cm³/mol. The fourth-order valence-electron chi connectivity index (χ4n) is 4.09. The first-order valence-corrected chi connectivity index (χ1v) is 10.3. The summed E-state index contributed by atoms with van der Waals surface area (Å²) < 4.78 is 0. The van der Waals surface area contributed by atoms with Gasteiger partial charge in [0.1, 0.15) is 5.69 Å². The second-order valence-electron chi connectivity index (χ2n) is 8.09. The van der Waals surface area contributed by atoms with Gasteiger partial charge in [-0.2, -0.15) is 0 Å². The lowest BCUT2D eigenvalue weighted by atomic mass is 9.81. The van der Waals surface area contributed by atoms with Crippen molar-refractivity contribution in [3.8, 4) is 0 Å². The lowest BCUT2D eigenvalue weighted by Gasteiger charge is -2.38. The van der Waals surface area contributed by atoms with E-state index < -0.39 is 17.7 Å². The van der Waals surface area contributed by atoms with Crippen molar-refractivity contribution >= 4 is 23.2 Å². The number of nitrogens with zero attached hydrogens (tertiary/aromatic N) is 3. The number of amides is 2. The summed E-state index contributed by atoms with van der Waals surface area (Å²) in [5.41, 5.74) is 6.27. The van der Waals surface area contributed by atoms with Crippen LogP contribution in [0.3, 0.4) is 0 Å². The molecule has 1 heterocycles. The average Bonchev–Trinajstić information content (AvgIpc) is 2.69. The zero-order chi connectivity index (χ0) is 21.6. The average molecular weight is 405 g/mol. The number of nitro groups is 1. The van der Waals surface area contributed by atoms with Gasteiger partial charge in [0, 0.05) is 44.1 Å². The van der Waals surface area contributed by atoms with Gasteiger partial charge < -0.3 is 15.5 Å². The Bertz CT molecular complexity index is 729. The van der Waals surface area contributed by atoms with Gasteiger partial charge in [-0.3, -0.25) is 19.7 Å². The largest absolute Gasteiger partial charge is 0.369 e. The number of para-hydroxylation sites is 2. The molecule has 2 rings (SSSR count).